The zero-order valence-corrected chi connectivity index (χ0v) is 14.6. The molecule has 2 heterocycles. The fraction of sp³-hybridized carbons (Fsp3) is 0.412. The van der Waals surface area contributed by atoms with Crippen LogP contribution in [-0.2, 0) is 9.84 Å². The molecule has 0 unspecified atom stereocenters. The molecule has 1 fully saturated rings. The van der Waals surface area contributed by atoms with Gasteiger partial charge in [-0.25, -0.2) is 18.4 Å². The Kier molecular flexibility index (Phi) is 5.62. The summed E-state index contributed by atoms with van der Waals surface area (Å²) in [7, 11) is -3.30. The summed E-state index contributed by atoms with van der Waals surface area (Å²) in [5, 5.41) is 13.5. The van der Waals surface area contributed by atoms with Gasteiger partial charge in [0, 0.05) is 32.0 Å². The number of benzene rings is 1. The SMILES string of the molecule is O=S(=O)(CCN1CC[C@@H](Nc2ncccn2)[C@H](O)C1)c1ccccc1. The predicted molar refractivity (Wildman–Crippen MR) is 95.0 cm³/mol. The summed E-state index contributed by atoms with van der Waals surface area (Å²) < 4.78 is 24.7. The lowest BCUT2D eigenvalue weighted by atomic mass is 10.0. The second kappa shape index (κ2) is 7.90. The Morgan fingerprint density at radius 3 is 2.56 bits per heavy atom. The van der Waals surface area contributed by atoms with Crippen LogP contribution in [0.1, 0.15) is 6.42 Å². The quantitative estimate of drug-likeness (QED) is 0.785. The van der Waals surface area contributed by atoms with Gasteiger partial charge in [-0.05, 0) is 24.6 Å². The third kappa shape index (κ3) is 4.75. The van der Waals surface area contributed by atoms with Gasteiger partial charge in [0.25, 0.3) is 0 Å². The van der Waals surface area contributed by atoms with Crippen LogP contribution in [0.2, 0.25) is 0 Å². The summed E-state index contributed by atoms with van der Waals surface area (Å²) in [6, 6.07) is 10.1. The molecular weight excluding hydrogens is 340 g/mol. The van der Waals surface area contributed by atoms with Gasteiger partial charge in [-0.3, -0.25) is 4.90 Å². The summed E-state index contributed by atoms with van der Waals surface area (Å²) in [6.07, 6.45) is 3.39. The highest BCUT2D eigenvalue weighted by Crippen LogP contribution is 2.16. The van der Waals surface area contributed by atoms with Crippen LogP contribution in [0.25, 0.3) is 0 Å². The molecule has 0 amide bonds. The van der Waals surface area contributed by atoms with E-state index in [1.165, 1.54) is 0 Å². The molecule has 1 saturated heterocycles. The van der Waals surface area contributed by atoms with E-state index in [0.29, 0.717) is 36.9 Å². The zero-order valence-electron chi connectivity index (χ0n) is 13.8. The number of aliphatic hydroxyl groups excluding tert-OH is 1. The number of hydrogen-bond acceptors (Lipinski definition) is 7. The van der Waals surface area contributed by atoms with Crippen LogP contribution in [0.5, 0.6) is 0 Å². The molecule has 2 atom stereocenters. The minimum absolute atomic E-state index is 0.0453. The molecule has 2 N–H and O–H groups in total. The first-order chi connectivity index (χ1) is 12.0. The molecule has 25 heavy (non-hydrogen) atoms. The van der Waals surface area contributed by atoms with E-state index in [1.807, 2.05) is 4.90 Å². The molecule has 1 aromatic carbocycles. The normalized spacial score (nSPS) is 21.8. The lowest BCUT2D eigenvalue weighted by Crippen LogP contribution is -2.50. The summed E-state index contributed by atoms with van der Waals surface area (Å²) in [5.74, 6) is 0.538. The molecule has 1 aromatic heterocycles. The number of likely N-dealkylation sites (tertiary alicyclic amines) is 1. The van der Waals surface area contributed by atoms with Crippen LogP contribution in [-0.4, -0.2) is 65.9 Å². The molecule has 2 aromatic rings. The van der Waals surface area contributed by atoms with Crippen molar-refractivity contribution < 1.29 is 13.5 Å². The molecule has 0 bridgehead atoms. The minimum Gasteiger partial charge on any atom is -0.390 e. The monoisotopic (exact) mass is 362 g/mol. The summed E-state index contributed by atoms with van der Waals surface area (Å²) in [4.78, 5) is 10.5. The van der Waals surface area contributed by atoms with E-state index >= 15 is 0 Å². The van der Waals surface area contributed by atoms with Crippen molar-refractivity contribution >= 4 is 15.8 Å². The lowest BCUT2D eigenvalue weighted by Gasteiger charge is -2.36. The summed E-state index contributed by atoms with van der Waals surface area (Å²) in [6.45, 7) is 1.55. The van der Waals surface area contributed by atoms with Crippen molar-refractivity contribution in [3.05, 3.63) is 48.8 Å². The maximum Gasteiger partial charge on any atom is 0.222 e. The number of aliphatic hydroxyl groups is 1. The molecule has 0 saturated carbocycles. The Bertz CT molecular complexity index is 771. The van der Waals surface area contributed by atoms with Crippen LogP contribution in [0.3, 0.4) is 0 Å². The van der Waals surface area contributed by atoms with E-state index in [4.69, 9.17) is 0 Å². The smallest absolute Gasteiger partial charge is 0.222 e. The molecular formula is C17H22N4O3S. The largest absolute Gasteiger partial charge is 0.390 e. The van der Waals surface area contributed by atoms with Gasteiger partial charge in [0.15, 0.2) is 9.84 Å². The predicted octanol–water partition coefficient (Wildman–Crippen LogP) is 0.798. The van der Waals surface area contributed by atoms with Crippen molar-refractivity contribution in [2.75, 3.05) is 30.7 Å². The number of nitrogens with zero attached hydrogens (tertiary/aromatic N) is 3. The van der Waals surface area contributed by atoms with Crippen molar-refractivity contribution in [1.82, 2.24) is 14.9 Å². The number of piperidine rings is 1. The number of β-amino-alcohol motifs (C(OH)–C–C–N with tert-alkyl or cyclic N) is 1. The topological polar surface area (TPSA) is 95.4 Å². The van der Waals surface area contributed by atoms with Gasteiger partial charge in [-0.1, -0.05) is 18.2 Å². The average Bonchev–Trinajstić information content (AvgIpc) is 2.64. The second-order valence-electron chi connectivity index (χ2n) is 6.11. The average molecular weight is 362 g/mol. The summed E-state index contributed by atoms with van der Waals surface area (Å²) >= 11 is 0. The number of hydrogen-bond donors (Lipinski definition) is 2. The minimum atomic E-state index is -3.30. The Balaban J connectivity index is 1.51. The number of sulfone groups is 1. The Hall–Kier alpha value is -2.03. The highest BCUT2D eigenvalue weighted by atomic mass is 32.2. The van der Waals surface area contributed by atoms with E-state index in [9.17, 15) is 13.5 Å². The van der Waals surface area contributed by atoms with Gasteiger partial charge in [0.05, 0.1) is 22.8 Å². The first-order valence-electron chi connectivity index (χ1n) is 8.26. The number of anilines is 1. The molecule has 134 valence electrons. The van der Waals surface area contributed by atoms with Gasteiger partial charge in [-0.15, -0.1) is 0 Å². The fourth-order valence-corrected chi connectivity index (χ4v) is 4.21. The molecule has 0 spiro atoms. The van der Waals surface area contributed by atoms with Gasteiger partial charge in [0.1, 0.15) is 0 Å². The van der Waals surface area contributed by atoms with Crippen molar-refractivity contribution in [3.63, 3.8) is 0 Å². The Labute approximate surface area is 147 Å². The van der Waals surface area contributed by atoms with E-state index in [0.717, 1.165) is 0 Å². The second-order valence-corrected chi connectivity index (χ2v) is 8.22. The van der Waals surface area contributed by atoms with Crippen molar-refractivity contribution in [2.45, 2.75) is 23.5 Å². The molecule has 0 aliphatic carbocycles. The number of aromatic nitrogens is 2. The maximum absolute atomic E-state index is 12.3. The molecule has 0 radical (unpaired) electrons. The Morgan fingerprint density at radius 2 is 1.88 bits per heavy atom. The third-order valence-electron chi connectivity index (χ3n) is 4.32. The van der Waals surface area contributed by atoms with Gasteiger partial charge < -0.3 is 10.4 Å². The van der Waals surface area contributed by atoms with Crippen LogP contribution in [0.4, 0.5) is 5.95 Å². The molecule has 1 aliphatic heterocycles. The standard InChI is InChI=1S/C17H22N4O3S/c22-16-13-21(10-7-15(16)20-17-18-8-4-9-19-17)11-12-25(23,24)14-5-2-1-3-6-14/h1-6,8-9,15-16,22H,7,10-13H2,(H,18,19,20)/t15-,16-/m1/s1. The fourth-order valence-electron chi connectivity index (χ4n) is 2.90. The first-order valence-corrected chi connectivity index (χ1v) is 9.91. The lowest BCUT2D eigenvalue weighted by molar-refractivity contribution is 0.0627. The van der Waals surface area contributed by atoms with Crippen molar-refractivity contribution in [3.8, 4) is 0 Å². The first kappa shape index (κ1) is 17.8. The van der Waals surface area contributed by atoms with Crippen LogP contribution >= 0.6 is 0 Å². The molecule has 3 rings (SSSR count). The van der Waals surface area contributed by atoms with Gasteiger partial charge in [0.2, 0.25) is 5.95 Å². The Morgan fingerprint density at radius 1 is 1.16 bits per heavy atom. The number of nitrogens with one attached hydrogen (secondary N) is 1. The third-order valence-corrected chi connectivity index (χ3v) is 6.04. The van der Waals surface area contributed by atoms with E-state index in [2.05, 4.69) is 15.3 Å². The van der Waals surface area contributed by atoms with Crippen molar-refractivity contribution in [2.24, 2.45) is 0 Å². The van der Waals surface area contributed by atoms with Crippen LogP contribution in [0, 0.1) is 0 Å². The van der Waals surface area contributed by atoms with Crippen LogP contribution < -0.4 is 5.32 Å². The maximum atomic E-state index is 12.3. The van der Waals surface area contributed by atoms with E-state index in [1.54, 1.807) is 48.8 Å². The zero-order chi connectivity index (χ0) is 17.7. The van der Waals surface area contributed by atoms with Crippen molar-refractivity contribution in [1.29, 1.82) is 0 Å². The van der Waals surface area contributed by atoms with E-state index < -0.39 is 15.9 Å². The van der Waals surface area contributed by atoms with Gasteiger partial charge in [-0.2, -0.15) is 0 Å². The summed E-state index contributed by atoms with van der Waals surface area (Å²) in [5.41, 5.74) is 0. The molecule has 1 aliphatic rings. The van der Waals surface area contributed by atoms with Crippen LogP contribution in [0.15, 0.2) is 53.7 Å². The van der Waals surface area contributed by atoms with Gasteiger partial charge >= 0.3 is 0 Å². The van der Waals surface area contributed by atoms with E-state index in [-0.39, 0.29) is 11.8 Å². The molecule has 8 heteroatoms. The highest BCUT2D eigenvalue weighted by molar-refractivity contribution is 7.91. The highest BCUT2D eigenvalue weighted by Gasteiger charge is 2.29. The number of rotatable bonds is 6. The molecule has 7 nitrogen and oxygen atoms in total.